The van der Waals surface area contributed by atoms with Crippen molar-refractivity contribution in [3.05, 3.63) is 35.4 Å². The van der Waals surface area contributed by atoms with Gasteiger partial charge in [0.25, 0.3) is 11.8 Å². The molecule has 0 N–H and O–H groups in total. The van der Waals surface area contributed by atoms with Gasteiger partial charge in [0.05, 0.1) is 64.0 Å². The summed E-state index contributed by atoms with van der Waals surface area (Å²) in [6.07, 6.45) is 0.638. The first-order valence-corrected chi connectivity index (χ1v) is 11.6. The summed E-state index contributed by atoms with van der Waals surface area (Å²) in [6.45, 7) is 7.82. The molecule has 2 atom stereocenters. The molecule has 3 rings (SSSR count). The largest absolute Gasteiger partial charge is 0.377 e. The number of amides is 3. The van der Waals surface area contributed by atoms with E-state index in [1.54, 1.807) is 29.2 Å². The van der Waals surface area contributed by atoms with Gasteiger partial charge in [-0.1, -0.05) is 32.4 Å². The number of imide groups is 1. The second-order valence-electron chi connectivity index (χ2n) is 8.13. The zero-order valence-corrected chi connectivity index (χ0v) is 19.5. The van der Waals surface area contributed by atoms with E-state index >= 15 is 0 Å². The third kappa shape index (κ3) is 6.38. The van der Waals surface area contributed by atoms with E-state index in [0.29, 0.717) is 83.5 Å². The number of carbonyl (C=O) groups is 3. The summed E-state index contributed by atoms with van der Waals surface area (Å²) in [6, 6.07) is 5.81. The smallest absolute Gasteiger partial charge is 0.262 e. The zero-order valence-electron chi connectivity index (χ0n) is 19.5. The minimum atomic E-state index is -0.892. The van der Waals surface area contributed by atoms with Gasteiger partial charge < -0.3 is 23.8 Å². The molecular weight excluding hydrogens is 428 g/mol. The Hall–Kier alpha value is -2.33. The highest BCUT2D eigenvalue weighted by Gasteiger charge is 2.45. The summed E-state index contributed by atoms with van der Waals surface area (Å²) in [4.78, 5) is 42.8. The number of fused-ring (bicyclic) bond motifs is 1. The number of carbonyl (C=O) groups excluding carboxylic acids is 3. The maximum atomic E-state index is 13.7. The average molecular weight is 463 g/mol. The van der Waals surface area contributed by atoms with Crippen LogP contribution in [0.5, 0.6) is 0 Å². The standard InChI is InChI=1S/C24H34N2O7/c1-3-18(2)21(26-22(27)19-6-4-5-7-20(19)23(26)28)24(29)25-8-10-30-12-14-32-16-17-33-15-13-31-11-9-25/h4-7,18,21H,3,8-17H2,1-2H3/t18-,21+/m0/s1. The Morgan fingerprint density at radius 1 is 0.818 bits per heavy atom. The van der Waals surface area contributed by atoms with Crippen LogP contribution in [0.2, 0.25) is 0 Å². The molecule has 0 aliphatic carbocycles. The van der Waals surface area contributed by atoms with E-state index in [9.17, 15) is 14.4 Å². The van der Waals surface area contributed by atoms with Crippen molar-refractivity contribution < 1.29 is 33.3 Å². The Bertz CT molecular complexity index is 765. The number of hydrogen-bond donors (Lipinski definition) is 0. The van der Waals surface area contributed by atoms with Crippen LogP contribution in [0.4, 0.5) is 0 Å². The van der Waals surface area contributed by atoms with E-state index in [0.717, 1.165) is 4.90 Å². The molecule has 0 unspecified atom stereocenters. The molecule has 1 fully saturated rings. The van der Waals surface area contributed by atoms with Crippen LogP contribution in [0, 0.1) is 5.92 Å². The van der Waals surface area contributed by atoms with Crippen LogP contribution in [-0.2, 0) is 23.7 Å². The van der Waals surface area contributed by atoms with Crippen LogP contribution in [-0.4, -0.2) is 99.5 Å². The predicted octanol–water partition coefficient (Wildman–Crippen LogP) is 1.61. The second kappa shape index (κ2) is 12.8. The molecule has 0 saturated carbocycles. The van der Waals surface area contributed by atoms with Gasteiger partial charge in [-0.05, 0) is 18.1 Å². The fourth-order valence-corrected chi connectivity index (χ4v) is 3.92. The predicted molar refractivity (Wildman–Crippen MR) is 120 cm³/mol. The molecule has 2 aliphatic heterocycles. The summed E-state index contributed by atoms with van der Waals surface area (Å²) >= 11 is 0. The molecule has 0 spiro atoms. The summed E-state index contributed by atoms with van der Waals surface area (Å²) < 4.78 is 22.1. The number of hydrogen-bond acceptors (Lipinski definition) is 7. The average Bonchev–Trinajstić information content (AvgIpc) is 3.07. The van der Waals surface area contributed by atoms with Crippen molar-refractivity contribution in [2.24, 2.45) is 5.92 Å². The molecule has 3 amide bonds. The highest BCUT2D eigenvalue weighted by atomic mass is 16.6. The van der Waals surface area contributed by atoms with Gasteiger partial charge in [0.15, 0.2) is 0 Å². The highest BCUT2D eigenvalue weighted by Crippen LogP contribution is 2.29. The van der Waals surface area contributed by atoms with E-state index in [1.807, 2.05) is 13.8 Å². The van der Waals surface area contributed by atoms with Crippen molar-refractivity contribution in [1.29, 1.82) is 0 Å². The lowest BCUT2D eigenvalue weighted by molar-refractivity contribution is -0.138. The monoisotopic (exact) mass is 462 g/mol. The third-order valence-corrected chi connectivity index (χ3v) is 5.98. The van der Waals surface area contributed by atoms with Gasteiger partial charge in [0.2, 0.25) is 5.91 Å². The van der Waals surface area contributed by atoms with E-state index in [4.69, 9.17) is 18.9 Å². The Labute approximate surface area is 194 Å². The van der Waals surface area contributed by atoms with Crippen molar-refractivity contribution in [2.45, 2.75) is 26.3 Å². The molecule has 1 aromatic rings. The molecule has 33 heavy (non-hydrogen) atoms. The minimum Gasteiger partial charge on any atom is -0.377 e. The van der Waals surface area contributed by atoms with Crippen LogP contribution in [0.25, 0.3) is 0 Å². The topological polar surface area (TPSA) is 94.6 Å². The Morgan fingerprint density at radius 3 is 1.67 bits per heavy atom. The van der Waals surface area contributed by atoms with E-state index in [2.05, 4.69) is 0 Å². The lowest BCUT2D eigenvalue weighted by atomic mass is 9.96. The van der Waals surface area contributed by atoms with Crippen molar-refractivity contribution in [3.63, 3.8) is 0 Å². The van der Waals surface area contributed by atoms with Crippen molar-refractivity contribution in [3.8, 4) is 0 Å². The number of rotatable bonds is 4. The summed E-state index contributed by atoms with van der Waals surface area (Å²) in [7, 11) is 0. The van der Waals surface area contributed by atoms with Gasteiger partial charge in [-0.3, -0.25) is 19.3 Å². The van der Waals surface area contributed by atoms with Gasteiger partial charge in [-0.2, -0.15) is 0 Å². The second-order valence-corrected chi connectivity index (χ2v) is 8.13. The molecule has 2 heterocycles. The number of benzene rings is 1. The summed E-state index contributed by atoms with van der Waals surface area (Å²) in [5.41, 5.74) is 0.680. The molecule has 9 nitrogen and oxygen atoms in total. The van der Waals surface area contributed by atoms with Crippen LogP contribution >= 0.6 is 0 Å². The molecule has 0 bridgehead atoms. The summed E-state index contributed by atoms with van der Waals surface area (Å²) in [5, 5.41) is 0. The van der Waals surface area contributed by atoms with Crippen LogP contribution in [0.1, 0.15) is 41.0 Å². The molecule has 2 aliphatic rings. The fraction of sp³-hybridized carbons (Fsp3) is 0.625. The van der Waals surface area contributed by atoms with E-state index in [-0.39, 0.29) is 11.8 Å². The molecule has 9 heteroatoms. The van der Waals surface area contributed by atoms with Crippen molar-refractivity contribution in [2.75, 3.05) is 65.9 Å². The van der Waals surface area contributed by atoms with Crippen molar-refractivity contribution in [1.82, 2.24) is 9.80 Å². The van der Waals surface area contributed by atoms with Crippen LogP contribution in [0.15, 0.2) is 24.3 Å². The van der Waals surface area contributed by atoms with E-state index < -0.39 is 17.9 Å². The van der Waals surface area contributed by atoms with Crippen LogP contribution < -0.4 is 0 Å². The minimum absolute atomic E-state index is 0.208. The lowest BCUT2D eigenvalue weighted by Crippen LogP contribution is -2.55. The zero-order chi connectivity index (χ0) is 23.6. The maximum absolute atomic E-state index is 13.7. The molecule has 0 radical (unpaired) electrons. The quantitative estimate of drug-likeness (QED) is 0.628. The van der Waals surface area contributed by atoms with Gasteiger partial charge in [0, 0.05) is 13.1 Å². The first-order chi connectivity index (χ1) is 16.1. The Morgan fingerprint density at radius 2 is 1.24 bits per heavy atom. The van der Waals surface area contributed by atoms with Crippen LogP contribution in [0.3, 0.4) is 0 Å². The number of nitrogens with zero attached hydrogens (tertiary/aromatic N) is 2. The van der Waals surface area contributed by atoms with Gasteiger partial charge in [-0.25, -0.2) is 0 Å². The van der Waals surface area contributed by atoms with Gasteiger partial charge in [-0.15, -0.1) is 0 Å². The SMILES string of the molecule is CC[C@H](C)[C@H](C(=O)N1CCOCCOCCOCCOCC1)N1C(=O)c2ccccc2C1=O. The highest BCUT2D eigenvalue weighted by molar-refractivity contribution is 6.22. The van der Waals surface area contributed by atoms with Crippen molar-refractivity contribution >= 4 is 17.7 Å². The number of ether oxygens (including phenoxy) is 4. The first-order valence-electron chi connectivity index (χ1n) is 11.6. The first kappa shape index (κ1) is 25.3. The molecule has 182 valence electrons. The molecule has 0 aromatic heterocycles. The molecular formula is C24H34N2O7. The Kier molecular flexibility index (Phi) is 9.80. The fourth-order valence-electron chi connectivity index (χ4n) is 3.92. The normalized spacial score (nSPS) is 21.2. The molecule has 1 aromatic carbocycles. The Balaban J connectivity index is 1.77. The van der Waals surface area contributed by atoms with E-state index in [1.165, 1.54) is 0 Å². The third-order valence-electron chi connectivity index (χ3n) is 5.98. The summed E-state index contributed by atoms with van der Waals surface area (Å²) in [5.74, 6) is -1.33. The maximum Gasteiger partial charge on any atom is 0.262 e. The lowest BCUT2D eigenvalue weighted by Gasteiger charge is -2.34. The van der Waals surface area contributed by atoms with Gasteiger partial charge >= 0.3 is 0 Å². The molecule has 1 saturated heterocycles. The van der Waals surface area contributed by atoms with Gasteiger partial charge in [0.1, 0.15) is 6.04 Å².